The first-order valence-corrected chi connectivity index (χ1v) is 7.56. The van der Waals surface area contributed by atoms with E-state index >= 15 is 0 Å². The fourth-order valence-corrected chi connectivity index (χ4v) is 3.28. The molecule has 0 spiro atoms. The Morgan fingerprint density at radius 2 is 1.77 bits per heavy atom. The number of hydrogen-bond donors (Lipinski definition) is 2. The maximum Gasteiger partial charge on any atom is 0.327 e. The molecule has 0 fully saturated rings. The minimum Gasteiger partial charge on any atom is -0.609 e. The Balaban J connectivity index is 2.04. The summed E-state index contributed by atoms with van der Waals surface area (Å²) in [5, 5.41) is 25.0. The average molecular weight is 316 g/mol. The Kier molecular flexibility index (Phi) is 3.51. The lowest BCUT2D eigenvalue weighted by atomic mass is 9.93. The van der Waals surface area contributed by atoms with Gasteiger partial charge in [0.25, 0.3) is 5.91 Å². The minimum absolute atomic E-state index is 0.0902. The van der Waals surface area contributed by atoms with Gasteiger partial charge in [0, 0.05) is 11.3 Å². The molecule has 0 saturated heterocycles. The maximum absolute atomic E-state index is 12.4. The van der Waals surface area contributed by atoms with Crippen molar-refractivity contribution in [2.75, 3.05) is 5.32 Å². The second-order valence-corrected chi connectivity index (χ2v) is 6.04. The molecular weight excluding hydrogens is 304 g/mol. The lowest BCUT2D eigenvalue weighted by Crippen LogP contribution is -2.47. The van der Waals surface area contributed by atoms with Crippen LogP contribution in [0.5, 0.6) is 0 Å². The Morgan fingerprint density at radius 1 is 1.14 bits per heavy atom. The van der Waals surface area contributed by atoms with Gasteiger partial charge in [0.2, 0.25) is 11.8 Å². The number of hydrogen-bond acceptors (Lipinski definition) is 4. The summed E-state index contributed by atoms with van der Waals surface area (Å²) < 4.78 is 12.0. The van der Waals surface area contributed by atoms with E-state index in [9.17, 15) is 19.3 Å². The summed E-state index contributed by atoms with van der Waals surface area (Å²) >= 11 is 0. The Morgan fingerprint density at radius 3 is 2.50 bits per heavy atom. The molecule has 3 rings (SSSR count). The van der Waals surface area contributed by atoms with Gasteiger partial charge in [-0.05, 0) is 18.2 Å². The molecule has 1 amide bonds. The molecule has 1 aliphatic heterocycles. The number of nitrogens with zero attached hydrogens (tertiary/aromatic N) is 1. The first-order valence-electron chi connectivity index (χ1n) is 6.45. The van der Waals surface area contributed by atoms with E-state index in [4.69, 9.17) is 0 Å². The smallest absolute Gasteiger partial charge is 0.327 e. The third-order valence-corrected chi connectivity index (χ3v) is 4.48. The number of para-hydroxylation sites is 1. The zero-order valence-corrected chi connectivity index (χ0v) is 12.1. The number of amides is 1. The van der Waals surface area contributed by atoms with Crippen LogP contribution >= 0.6 is 0 Å². The third-order valence-electron chi connectivity index (χ3n) is 3.32. The number of anilines is 1. The summed E-state index contributed by atoms with van der Waals surface area (Å²) in [7, 11) is -1.99. The molecule has 1 heterocycles. The van der Waals surface area contributed by atoms with Gasteiger partial charge in [-0.25, -0.2) is 0 Å². The van der Waals surface area contributed by atoms with Crippen molar-refractivity contribution in [1.82, 2.24) is 0 Å². The molecule has 2 unspecified atom stereocenters. The lowest BCUT2D eigenvalue weighted by molar-refractivity contribution is -0.275. The van der Waals surface area contributed by atoms with Crippen LogP contribution in [-0.2, 0) is 21.4 Å². The molecule has 22 heavy (non-hydrogen) atoms. The van der Waals surface area contributed by atoms with Crippen molar-refractivity contribution in [3.05, 3.63) is 65.4 Å². The average Bonchev–Trinajstić information content (AvgIpc) is 2.54. The molecule has 2 aromatic rings. The molecule has 0 radical (unpaired) electrons. The topological polar surface area (TPSA) is 92.5 Å². The SMILES string of the molecule is O=C(Nc1ccccc1)C1(O)C=[N+]([O-])S(=O)c2ccccc21. The van der Waals surface area contributed by atoms with E-state index < -0.39 is 22.5 Å². The molecule has 2 N–H and O–H groups in total. The number of carbonyl (C=O) groups is 1. The van der Waals surface area contributed by atoms with Crippen LogP contribution < -0.4 is 5.32 Å². The van der Waals surface area contributed by atoms with Crippen LogP contribution in [0.4, 0.5) is 5.69 Å². The predicted molar refractivity (Wildman–Crippen MR) is 81.5 cm³/mol. The highest BCUT2D eigenvalue weighted by molar-refractivity contribution is 7.79. The van der Waals surface area contributed by atoms with Crippen molar-refractivity contribution in [3.63, 3.8) is 0 Å². The number of fused-ring (bicyclic) bond motifs is 1. The molecular formula is C15H12N2O4S. The summed E-state index contributed by atoms with van der Waals surface area (Å²) in [6.07, 6.45) is 0.726. The largest absolute Gasteiger partial charge is 0.609 e. The van der Waals surface area contributed by atoms with Crippen LogP contribution in [0.15, 0.2) is 59.5 Å². The molecule has 0 aromatic heterocycles. The summed E-state index contributed by atoms with van der Waals surface area (Å²) in [5.41, 5.74) is -1.56. The Labute approximate surface area is 128 Å². The van der Waals surface area contributed by atoms with Crippen LogP contribution in [0.25, 0.3) is 0 Å². The van der Waals surface area contributed by atoms with Crippen LogP contribution in [0.1, 0.15) is 5.56 Å². The van der Waals surface area contributed by atoms with Crippen LogP contribution in [0, 0.1) is 5.21 Å². The van der Waals surface area contributed by atoms with Gasteiger partial charge in [0.05, 0.1) is 0 Å². The maximum atomic E-state index is 12.4. The predicted octanol–water partition coefficient (Wildman–Crippen LogP) is 1.13. The normalized spacial score (nSPS) is 23.3. The number of aliphatic hydroxyl groups is 1. The molecule has 0 saturated carbocycles. The van der Waals surface area contributed by atoms with Gasteiger partial charge in [0.1, 0.15) is 4.90 Å². The van der Waals surface area contributed by atoms with E-state index in [1.54, 1.807) is 42.5 Å². The zero-order valence-electron chi connectivity index (χ0n) is 11.3. The van der Waals surface area contributed by atoms with E-state index in [0.717, 1.165) is 6.21 Å². The molecule has 6 nitrogen and oxygen atoms in total. The molecule has 2 atom stereocenters. The van der Waals surface area contributed by atoms with Crippen molar-refractivity contribution >= 4 is 28.8 Å². The molecule has 1 aliphatic rings. The summed E-state index contributed by atoms with van der Waals surface area (Å²) in [4.78, 5) is 12.6. The zero-order chi connectivity index (χ0) is 15.7. The van der Waals surface area contributed by atoms with Gasteiger partial charge in [-0.3, -0.25) is 4.79 Å². The van der Waals surface area contributed by atoms with E-state index in [1.165, 1.54) is 12.1 Å². The second kappa shape index (κ2) is 5.36. The molecule has 112 valence electrons. The minimum atomic E-state index is -2.18. The summed E-state index contributed by atoms with van der Waals surface area (Å²) in [5.74, 6) is -0.788. The van der Waals surface area contributed by atoms with Gasteiger partial charge < -0.3 is 15.6 Å². The number of benzene rings is 2. The molecule has 7 heteroatoms. The molecule has 0 bridgehead atoms. The van der Waals surface area contributed by atoms with Gasteiger partial charge in [-0.15, -0.1) is 4.14 Å². The third kappa shape index (κ3) is 2.30. The standard InChI is InChI=1S/C15H12N2O4S/c18-14(16-11-6-2-1-3-7-11)15(19)10-17(20)22(21)13-9-5-4-8-12(13)15/h1-10,19H,(H,16,18). The Bertz CT molecular complexity index is 791. The van der Waals surface area contributed by atoms with Crippen molar-refractivity contribution in [2.24, 2.45) is 0 Å². The highest BCUT2D eigenvalue weighted by Gasteiger charge is 2.47. The van der Waals surface area contributed by atoms with Crippen molar-refractivity contribution in [1.29, 1.82) is 0 Å². The highest BCUT2D eigenvalue weighted by Crippen LogP contribution is 2.30. The number of carbonyl (C=O) groups excluding carboxylic acids is 1. The van der Waals surface area contributed by atoms with Crippen LogP contribution in [-0.4, -0.2) is 25.6 Å². The van der Waals surface area contributed by atoms with Gasteiger partial charge in [-0.1, -0.05) is 36.4 Å². The van der Waals surface area contributed by atoms with Crippen LogP contribution in [0.2, 0.25) is 0 Å². The van der Waals surface area contributed by atoms with E-state index in [1.807, 2.05) is 0 Å². The van der Waals surface area contributed by atoms with Crippen molar-refractivity contribution in [3.8, 4) is 0 Å². The Hall–Kier alpha value is -2.51. The van der Waals surface area contributed by atoms with Crippen molar-refractivity contribution < 1.29 is 18.3 Å². The number of rotatable bonds is 2. The first-order chi connectivity index (χ1) is 10.5. The molecule has 0 aliphatic carbocycles. The monoisotopic (exact) mass is 316 g/mol. The fourth-order valence-electron chi connectivity index (χ4n) is 2.23. The highest BCUT2D eigenvalue weighted by atomic mass is 32.2. The van der Waals surface area contributed by atoms with E-state index in [-0.39, 0.29) is 14.6 Å². The summed E-state index contributed by atoms with van der Waals surface area (Å²) in [6, 6.07) is 14.7. The lowest BCUT2D eigenvalue weighted by Gasteiger charge is -2.26. The van der Waals surface area contributed by atoms with Crippen molar-refractivity contribution in [2.45, 2.75) is 10.5 Å². The van der Waals surface area contributed by atoms with Crippen LogP contribution in [0.3, 0.4) is 0 Å². The van der Waals surface area contributed by atoms with Gasteiger partial charge >= 0.3 is 11.0 Å². The van der Waals surface area contributed by atoms with E-state index in [0.29, 0.717) is 5.69 Å². The summed E-state index contributed by atoms with van der Waals surface area (Å²) in [6.45, 7) is 0. The quantitative estimate of drug-likeness (QED) is 0.642. The van der Waals surface area contributed by atoms with Gasteiger partial charge in [0.15, 0.2) is 0 Å². The molecule has 2 aromatic carbocycles. The first kappa shape index (κ1) is 14.4. The number of nitrogens with one attached hydrogen (secondary N) is 1. The van der Waals surface area contributed by atoms with E-state index in [2.05, 4.69) is 5.32 Å². The fraction of sp³-hybridized carbons (Fsp3) is 0.0667. The second-order valence-electron chi connectivity index (χ2n) is 4.75. The van der Waals surface area contributed by atoms with Gasteiger partial charge in [-0.2, -0.15) is 4.21 Å².